The first-order valence-corrected chi connectivity index (χ1v) is 4.76. The van der Waals surface area contributed by atoms with Crippen molar-refractivity contribution in [1.82, 2.24) is 0 Å². The van der Waals surface area contributed by atoms with E-state index >= 15 is 0 Å². The molecule has 0 unspecified atom stereocenters. The number of hydrogen-bond donors (Lipinski definition) is 0. The van der Waals surface area contributed by atoms with Crippen LogP contribution in [-0.2, 0) is 4.79 Å². The number of aldehydes is 1. The van der Waals surface area contributed by atoms with Crippen molar-refractivity contribution in [3.05, 3.63) is 35.5 Å². The molecule has 1 rings (SSSR count). The third kappa shape index (κ3) is 3.02. The van der Waals surface area contributed by atoms with E-state index in [9.17, 15) is 4.79 Å². The van der Waals surface area contributed by atoms with Gasteiger partial charge in [0, 0.05) is 5.57 Å². The predicted octanol–water partition coefficient (Wildman–Crippen LogP) is 3.19. The predicted molar refractivity (Wildman–Crippen MR) is 55.5 cm³/mol. The van der Waals surface area contributed by atoms with Gasteiger partial charge in [0.15, 0.2) is 0 Å². The van der Waals surface area contributed by atoms with Crippen molar-refractivity contribution in [3.63, 3.8) is 0 Å². The molecule has 0 aromatic rings. The summed E-state index contributed by atoms with van der Waals surface area (Å²) in [5, 5.41) is 0. The van der Waals surface area contributed by atoms with E-state index in [4.69, 9.17) is 0 Å². The summed E-state index contributed by atoms with van der Waals surface area (Å²) in [5.41, 5.74) is 2.87. The molecule has 0 amide bonds. The summed E-state index contributed by atoms with van der Waals surface area (Å²) in [6.45, 7) is 5.63. The molecule has 70 valence electrons. The molecule has 0 spiro atoms. The zero-order valence-corrected chi connectivity index (χ0v) is 8.18. The monoisotopic (exact) mass is 176 g/mol. The fourth-order valence-electron chi connectivity index (χ4n) is 1.45. The molecule has 1 aliphatic carbocycles. The van der Waals surface area contributed by atoms with Crippen LogP contribution >= 0.6 is 0 Å². The van der Waals surface area contributed by atoms with Crippen molar-refractivity contribution in [2.75, 3.05) is 0 Å². The summed E-state index contributed by atoms with van der Waals surface area (Å²) in [7, 11) is 0. The van der Waals surface area contributed by atoms with Gasteiger partial charge in [-0.1, -0.05) is 18.2 Å². The largest absolute Gasteiger partial charge is 0.298 e. The lowest BCUT2D eigenvalue weighted by atomic mass is 9.96. The second-order valence-electron chi connectivity index (χ2n) is 3.52. The van der Waals surface area contributed by atoms with Gasteiger partial charge in [0.1, 0.15) is 6.29 Å². The zero-order chi connectivity index (χ0) is 9.68. The number of hydrogen-bond acceptors (Lipinski definition) is 1. The second kappa shape index (κ2) is 4.80. The van der Waals surface area contributed by atoms with Gasteiger partial charge in [0.05, 0.1) is 0 Å². The molecule has 0 atom stereocenters. The van der Waals surface area contributed by atoms with Crippen molar-refractivity contribution in [3.8, 4) is 0 Å². The van der Waals surface area contributed by atoms with Gasteiger partial charge in [0.25, 0.3) is 0 Å². The lowest BCUT2D eigenvalue weighted by molar-refractivity contribution is -0.104. The van der Waals surface area contributed by atoms with Crippen LogP contribution in [0.15, 0.2) is 35.5 Å². The van der Waals surface area contributed by atoms with E-state index in [1.54, 1.807) is 0 Å². The maximum absolute atomic E-state index is 10.7. The Labute approximate surface area is 79.8 Å². The van der Waals surface area contributed by atoms with Gasteiger partial charge in [-0.25, -0.2) is 0 Å². The minimum Gasteiger partial charge on any atom is -0.298 e. The first-order valence-electron chi connectivity index (χ1n) is 4.76. The zero-order valence-electron chi connectivity index (χ0n) is 8.18. The van der Waals surface area contributed by atoms with Crippen LogP contribution in [0.2, 0.25) is 0 Å². The van der Waals surface area contributed by atoms with Crippen LogP contribution in [0.5, 0.6) is 0 Å². The summed E-state index contributed by atoms with van der Waals surface area (Å²) in [6, 6.07) is 0. The number of carbonyl (C=O) groups is 1. The molecule has 0 aromatic heterocycles. The van der Waals surface area contributed by atoms with Gasteiger partial charge in [-0.05, 0) is 44.3 Å². The molecule has 1 heteroatoms. The van der Waals surface area contributed by atoms with Crippen LogP contribution in [0.3, 0.4) is 0 Å². The van der Waals surface area contributed by atoms with Crippen LogP contribution in [0.25, 0.3) is 0 Å². The number of rotatable bonds is 3. The van der Waals surface area contributed by atoms with Gasteiger partial charge >= 0.3 is 0 Å². The fourth-order valence-corrected chi connectivity index (χ4v) is 1.45. The van der Waals surface area contributed by atoms with E-state index in [-0.39, 0.29) is 0 Å². The van der Waals surface area contributed by atoms with E-state index in [1.165, 1.54) is 18.4 Å². The standard InChI is InChI=1S/C12H16O/c1-10(2)12(9-13)8-11-6-4-3-5-7-11/h6,8-9H,1,3-5,7H2,2H3/b12-8-. The minimum absolute atomic E-state index is 0.730. The Kier molecular flexibility index (Phi) is 3.69. The van der Waals surface area contributed by atoms with Gasteiger partial charge in [-0.2, -0.15) is 0 Å². The van der Waals surface area contributed by atoms with Crippen molar-refractivity contribution in [2.24, 2.45) is 0 Å². The summed E-state index contributed by atoms with van der Waals surface area (Å²) < 4.78 is 0. The highest BCUT2D eigenvalue weighted by Gasteiger charge is 2.02. The Morgan fingerprint density at radius 2 is 2.31 bits per heavy atom. The van der Waals surface area contributed by atoms with E-state index < -0.39 is 0 Å². The van der Waals surface area contributed by atoms with Crippen LogP contribution in [0, 0.1) is 0 Å². The Balaban J connectivity index is 2.76. The summed E-state index contributed by atoms with van der Waals surface area (Å²) in [4.78, 5) is 10.7. The molecule has 0 fully saturated rings. The molecule has 13 heavy (non-hydrogen) atoms. The van der Waals surface area contributed by atoms with Crippen molar-refractivity contribution in [1.29, 1.82) is 0 Å². The fraction of sp³-hybridized carbons (Fsp3) is 0.417. The Hall–Kier alpha value is -1.11. The summed E-state index contributed by atoms with van der Waals surface area (Å²) in [6.07, 6.45) is 9.84. The van der Waals surface area contributed by atoms with Gasteiger partial charge < -0.3 is 0 Å². The third-order valence-electron chi connectivity index (χ3n) is 2.29. The molecule has 0 heterocycles. The van der Waals surface area contributed by atoms with Gasteiger partial charge in [-0.3, -0.25) is 4.79 Å². The molecule has 0 bridgehead atoms. The van der Waals surface area contributed by atoms with E-state index in [1.807, 2.05) is 13.0 Å². The van der Waals surface area contributed by atoms with Gasteiger partial charge in [0.2, 0.25) is 0 Å². The molecular weight excluding hydrogens is 160 g/mol. The lowest BCUT2D eigenvalue weighted by Gasteiger charge is -2.09. The SMILES string of the molecule is C=C(C)/C(C=O)=C\C1=CCCCC1. The average molecular weight is 176 g/mol. The maximum atomic E-state index is 10.7. The van der Waals surface area contributed by atoms with E-state index in [0.29, 0.717) is 0 Å². The van der Waals surface area contributed by atoms with Crippen LogP contribution < -0.4 is 0 Å². The van der Waals surface area contributed by atoms with E-state index in [2.05, 4.69) is 12.7 Å². The molecule has 0 saturated heterocycles. The van der Waals surface area contributed by atoms with Crippen LogP contribution in [0.1, 0.15) is 32.6 Å². The average Bonchev–Trinajstić information content (AvgIpc) is 2.15. The Bertz CT molecular complexity index is 269. The third-order valence-corrected chi connectivity index (χ3v) is 2.29. The lowest BCUT2D eigenvalue weighted by Crippen LogP contribution is -1.92. The highest BCUT2D eigenvalue weighted by molar-refractivity contribution is 5.80. The van der Waals surface area contributed by atoms with Crippen molar-refractivity contribution < 1.29 is 4.79 Å². The highest BCUT2D eigenvalue weighted by Crippen LogP contribution is 2.20. The van der Waals surface area contributed by atoms with Crippen LogP contribution in [-0.4, -0.2) is 6.29 Å². The van der Waals surface area contributed by atoms with Crippen molar-refractivity contribution in [2.45, 2.75) is 32.6 Å². The number of allylic oxidation sites excluding steroid dienone is 5. The molecule has 0 saturated carbocycles. The van der Waals surface area contributed by atoms with Crippen LogP contribution in [0.4, 0.5) is 0 Å². The molecule has 1 nitrogen and oxygen atoms in total. The maximum Gasteiger partial charge on any atom is 0.150 e. The Morgan fingerprint density at radius 3 is 2.77 bits per heavy atom. The first-order chi connectivity index (χ1) is 6.24. The second-order valence-corrected chi connectivity index (χ2v) is 3.52. The van der Waals surface area contributed by atoms with Crippen molar-refractivity contribution >= 4 is 6.29 Å². The summed E-state index contributed by atoms with van der Waals surface area (Å²) >= 11 is 0. The number of carbonyl (C=O) groups excluding carboxylic acids is 1. The van der Waals surface area contributed by atoms with Gasteiger partial charge in [-0.15, -0.1) is 0 Å². The normalized spacial score (nSPS) is 17.9. The minimum atomic E-state index is 0.730. The molecule has 0 aromatic carbocycles. The quantitative estimate of drug-likeness (QED) is 0.366. The molecule has 1 aliphatic rings. The molecule has 0 radical (unpaired) electrons. The molecular formula is C12H16O. The Morgan fingerprint density at radius 1 is 1.54 bits per heavy atom. The molecule has 0 N–H and O–H groups in total. The highest BCUT2D eigenvalue weighted by atomic mass is 16.1. The molecule has 0 aliphatic heterocycles. The topological polar surface area (TPSA) is 17.1 Å². The summed E-state index contributed by atoms with van der Waals surface area (Å²) in [5.74, 6) is 0. The first kappa shape index (κ1) is 9.97. The van der Waals surface area contributed by atoms with E-state index in [0.717, 1.165) is 30.3 Å². The smallest absolute Gasteiger partial charge is 0.150 e.